The predicted molar refractivity (Wildman–Crippen MR) is 158 cm³/mol. The van der Waals surface area contributed by atoms with Gasteiger partial charge in [-0.15, -0.1) is 0 Å². The number of methoxy groups -OCH3 is 1. The molecule has 1 fully saturated rings. The summed E-state index contributed by atoms with van der Waals surface area (Å²) < 4.78 is 23.7. The Labute approximate surface area is 238 Å². The van der Waals surface area contributed by atoms with E-state index in [2.05, 4.69) is 48.3 Å². The number of nitrogens with one attached hydrogen (secondary N) is 1. The number of piperidine rings is 1. The van der Waals surface area contributed by atoms with Crippen LogP contribution in [0.1, 0.15) is 48.8 Å². The molecule has 5 rings (SSSR count). The second kappa shape index (κ2) is 13.5. The van der Waals surface area contributed by atoms with Gasteiger partial charge in [0.25, 0.3) is 0 Å². The molecule has 3 aromatic carbocycles. The van der Waals surface area contributed by atoms with Gasteiger partial charge in [0.1, 0.15) is 23.9 Å². The van der Waals surface area contributed by atoms with E-state index < -0.39 is 6.10 Å². The fourth-order valence-electron chi connectivity index (χ4n) is 5.55. The lowest BCUT2D eigenvalue weighted by molar-refractivity contribution is -0.0328. The van der Waals surface area contributed by atoms with E-state index in [9.17, 15) is 5.11 Å². The monoisotopic (exact) mass is 546 g/mol. The van der Waals surface area contributed by atoms with Crippen molar-refractivity contribution in [1.82, 2.24) is 5.32 Å². The van der Waals surface area contributed by atoms with Gasteiger partial charge in [-0.3, -0.25) is 0 Å². The minimum atomic E-state index is -0.540. The van der Waals surface area contributed by atoms with Crippen molar-refractivity contribution in [2.75, 3.05) is 51.4 Å². The molecule has 0 radical (unpaired) electrons. The van der Waals surface area contributed by atoms with E-state index in [1.165, 1.54) is 5.56 Å². The summed E-state index contributed by atoms with van der Waals surface area (Å²) in [4.78, 5) is 2.36. The molecule has 2 aliphatic heterocycles. The van der Waals surface area contributed by atoms with E-state index >= 15 is 0 Å². The van der Waals surface area contributed by atoms with E-state index in [-0.39, 0.29) is 12.0 Å². The van der Waals surface area contributed by atoms with E-state index in [1.54, 1.807) is 7.11 Å². The number of aliphatic hydroxyl groups is 1. The summed E-state index contributed by atoms with van der Waals surface area (Å²) in [6, 6.07) is 22.5. The summed E-state index contributed by atoms with van der Waals surface area (Å²) in [7, 11) is 1.74. The third-order valence-corrected chi connectivity index (χ3v) is 7.76. The average molecular weight is 547 g/mol. The van der Waals surface area contributed by atoms with Crippen molar-refractivity contribution in [2.24, 2.45) is 0 Å². The molecule has 40 heavy (non-hydrogen) atoms. The van der Waals surface area contributed by atoms with Crippen LogP contribution in [-0.4, -0.2) is 63.8 Å². The maximum absolute atomic E-state index is 11.0. The maximum Gasteiger partial charge on any atom is 0.142 e. The number of ether oxygens (including phenoxy) is 4. The Morgan fingerprint density at radius 3 is 2.67 bits per heavy atom. The minimum absolute atomic E-state index is 0.133. The molecule has 1 saturated heterocycles. The quantitative estimate of drug-likeness (QED) is 0.309. The number of β-amino-alcohol motifs (C(OH)–C–C–N with tert-alkyl or cyclic N) is 1. The lowest BCUT2D eigenvalue weighted by Crippen LogP contribution is -2.49. The molecular formula is C33H42N2O5. The molecule has 0 aromatic heterocycles. The van der Waals surface area contributed by atoms with E-state index in [0.717, 1.165) is 60.2 Å². The van der Waals surface area contributed by atoms with Crippen molar-refractivity contribution < 1.29 is 24.1 Å². The molecule has 3 atom stereocenters. The Morgan fingerprint density at radius 2 is 1.88 bits per heavy atom. The van der Waals surface area contributed by atoms with E-state index in [0.29, 0.717) is 32.2 Å². The van der Waals surface area contributed by atoms with Crippen molar-refractivity contribution >= 4 is 5.69 Å². The van der Waals surface area contributed by atoms with Crippen LogP contribution in [0.15, 0.2) is 66.7 Å². The largest absolute Gasteiger partial charge is 0.490 e. The van der Waals surface area contributed by atoms with E-state index in [1.807, 2.05) is 42.5 Å². The van der Waals surface area contributed by atoms with E-state index in [4.69, 9.17) is 18.9 Å². The first-order valence-electron chi connectivity index (χ1n) is 14.4. The minimum Gasteiger partial charge on any atom is -0.490 e. The molecule has 7 heteroatoms. The zero-order valence-electron chi connectivity index (χ0n) is 23.8. The topological polar surface area (TPSA) is 72.4 Å². The first-order valence-corrected chi connectivity index (χ1v) is 14.4. The van der Waals surface area contributed by atoms with Crippen molar-refractivity contribution in [3.8, 4) is 17.2 Å². The molecule has 2 N–H and O–H groups in total. The molecule has 0 amide bonds. The highest BCUT2D eigenvalue weighted by Crippen LogP contribution is 2.35. The van der Waals surface area contributed by atoms with Crippen molar-refractivity contribution in [1.29, 1.82) is 0 Å². The highest BCUT2D eigenvalue weighted by molar-refractivity contribution is 5.61. The molecule has 3 aromatic rings. The van der Waals surface area contributed by atoms with Crippen LogP contribution in [0.3, 0.4) is 0 Å². The summed E-state index contributed by atoms with van der Waals surface area (Å²) in [6.07, 6.45) is 0.266. The van der Waals surface area contributed by atoms with Crippen LogP contribution in [0.5, 0.6) is 17.2 Å². The van der Waals surface area contributed by atoms with Crippen LogP contribution < -0.4 is 19.7 Å². The lowest BCUT2D eigenvalue weighted by Gasteiger charge is -2.36. The lowest BCUT2D eigenvalue weighted by atomic mass is 9.85. The van der Waals surface area contributed by atoms with Gasteiger partial charge in [0, 0.05) is 39.3 Å². The van der Waals surface area contributed by atoms with Gasteiger partial charge in [-0.05, 0) is 65.4 Å². The fourth-order valence-corrected chi connectivity index (χ4v) is 5.55. The van der Waals surface area contributed by atoms with Gasteiger partial charge < -0.3 is 34.3 Å². The normalized spacial score (nSPS) is 20.7. The average Bonchev–Trinajstić information content (AvgIpc) is 2.97. The third kappa shape index (κ3) is 6.96. The summed E-state index contributed by atoms with van der Waals surface area (Å²) >= 11 is 0. The molecule has 2 heterocycles. The number of benzene rings is 3. The standard InChI is InChI=1S/C33H42N2O5/c1-23(2)26-6-4-7-28(19-26)40-27-11-9-25(10-12-27)33-30(36)20-34-21-32(33)39-22-24-8-13-31-29(18-24)35(15-17-38-31)14-5-16-37-3/h4,6-13,18-19,23,30,32-34,36H,5,14-17,20-22H2,1-3H3/t30-,32+,33+/m1/s1. The number of hydrogen-bond acceptors (Lipinski definition) is 7. The highest BCUT2D eigenvalue weighted by Gasteiger charge is 2.34. The van der Waals surface area contributed by atoms with Gasteiger partial charge in [0.2, 0.25) is 0 Å². The number of hydrogen-bond donors (Lipinski definition) is 2. The molecular weight excluding hydrogens is 504 g/mol. The van der Waals surface area contributed by atoms with Crippen LogP contribution in [0.25, 0.3) is 0 Å². The summed E-state index contributed by atoms with van der Waals surface area (Å²) in [6.45, 7) is 9.26. The van der Waals surface area contributed by atoms with Crippen LogP contribution >= 0.6 is 0 Å². The van der Waals surface area contributed by atoms with Gasteiger partial charge in [0.15, 0.2) is 0 Å². The molecule has 2 aliphatic rings. The molecule has 0 spiro atoms. The Kier molecular flexibility index (Phi) is 9.60. The third-order valence-electron chi connectivity index (χ3n) is 7.76. The zero-order valence-corrected chi connectivity index (χ0v) is 23.8. The molecule has 0 bridgehead atoms. The van der Waals surface area contributed by atoms with Crippen molar-refractivity contribution in [2.45, 2.75) is 50.9 Å². The second-order valence-corrected chi connectivity index (χ2v) is 11.0. The molecule has 7 nitrogen and oxygen atoms in total. The van der Waals surface area contributed by atoms with Crippen molar-refractivity contribution in [3.63, 3.8) is 0 Å². The molecule has 214 valence electrons. The van der Waals surface area contributed by atoms with Gasteiger partial charge in [-0.25, -0.2) is 0 Å². The zero-order chi connectivity index (χ0) is 27.9. The summed E-state index contributed by atoms with van der Waals surface area (Å²) in [5.74, 6) is 2.83. The van der Waals surface area contributed by atoms with Gasteiger partial charge >= 0.3 is 0 Å². The number of aliphatic hydroxyl groups excluding tert-OH is 1. The Hall–Kier alpha value is -3.10. The summed E-state index contributed by atoms with van der Waals surface area (Å²) in [5, 5.41) is 14.3. The Bertz CT molecular complexity index is 1230. The number of anilines is 1. The first kappa shape index (κ1) is 28.4. The number of nitrogens with zero attached hydrogens (tertiary/aromatic N) is 1. The van der Waals surface area contributed by atoms with Crippen LogP contribution in [0.4, 0.5) is 5.69 Å². The SMILES string of the molecule is COCCCN1CCOc2ccc(CO[C@H]3CNC[C@@H](O)[C@@H]3c3ccc(Oc4cccc(C(C)C)c4)cc3)cc21. The smallest absolute Gasteiger partial charge is 0.142 e. The second-order valence-electron chi connectivity index (χ2n) is 11.0. The van der Waals surface area contributed by atoms with Crippen LogP contribution in [0, 0.1) is 0 Å². The van der Waals surface area contributed by atoms with Gasteiger partial charge in [0.05, 0.1) is 31.0 Å². The van der Waals surface area contributed by atoms with Crippen molar-refractivity contribution in [3.05, 3.63) is 83.4 Å². The predicted octanol–water partition coefficient (Wildman–Crippen LogP) is 5.47. The Balaban J connectivity index is 1.25. The maximum atomic E-state index is 11.0. The molecule has 0 saturated carbocycles. The van der Waals surface area contributed by atoms with Gasteiger partial charge in [-0.1, -0.05) is 44.2 Å². The molecule has 0 aliphatic carbocycles. The fraction of sp³-hybridized carbons (Fsp3) is 0.455. The van der Waals surface area contributed by atoms with Gasteiger partial charge in [-0.2, -0.15) is 0 Å². The molecule has 0 unspecified atom stereocenters. The Morgan fingerprint density at radius 1 is 1.02 bits per heavy atom. The number of fused-ring (bicyclic) bond motifs is 1. The first-order chi connectivity index (χ1) is 19.5. The summed E-state index contributed by atoms with van der Waals surface area (Å²) in [5.41, 5.74) is 4.49. The highest BCUT2D eigenvalue weighted by atomic mass is 16.5. The van der Waals surface area contributed by atoms with Crippen LogP contribution in [-0.2, 0) is 16.1 Å². The van der Waals surface area contributed by atoms with Crippen LogP contribution in [0.2, 0.25) is 0 Å². The number of rotatable bonds is 11.